The van der Waals surface area contributed by atoms with Gasteiger partial charge >= 0.3 is 0 Å². The zero-order valence-corrected chi connectivity index (χ0v) is 22.4. The van der Waals surface area contributed by atoms with Gasteiger partial charge in [-0.05, 0) is 34.5 Å². The number of hydrogen-bond donors (Lipinski definition) is 0. The first-order valence-electron chi connectivity index (χ1n) is 11.9. The maximum atomic E-state index is 6.51. The van der Waals surface area contributed by atoms with Crippen LogP contribution < -0.4 is 0 Å². The Hall–Kier alpha value is -0.160. The maximum Gasteiger partial charge on any atom is 0.0704 e. The molecule has 4 nitrogen and oxygen atoms in total. The van der Waals surface area contributed by atoms with Crippen LogP contribution in [0.25, 0.3) is 0 Å². The van der Waals surface area contributed by atoms with Crippen LogP contribution in [0.15, 0.2) is 0 Å². The summed E-state index contributed by atoms with van der Waals surface area (Å²) in [6.07, 6.45) is 4.58. The van der Waals surface area contributed by atoms with Gasteiger partial charge in [0, 0.05) is 14.2 Å². The molecular weight excluding hydrogens is 376 g/mol. The van der Waals surface area contributed by atoms with E-state index in [1.54, 1.807) is 14.2 Å². The van der Waals surface area contributed by atoms with Gasteiger partial charge in [0.05, 0.1) is 38.6 Å². The van der Waals surface area contributed by atoms with E-state index in [9.17, 15) is 0 Å². The van der Waals surface area contributed by atoms with Crippen LogP contribution in [0.1, 0.15) is 94.9 Å². The topological polar surface area (TPSA) is 36.9 Å². The van der Waals surface area contributed by atoms with E-state index in [1.807, 2.05) is 0 Å². The normalized spacial score (nSPS) is 17.6. The van der Waals surface area contributed by atoms with Gasteiger partial charge in [0.1, 0.15) is 0 Å². The summed E-state index contributed by atoms with van der Waals surface area (Å²) in [5, 5.41) is 0. The second kappa shape index (κ2) is 12.8. The summed E-state index contributed by atoms with van der Waals surface area (Å²) in [5.41, 5.74) is 0.354. The lowest BCUT2D eigenvalue weighted by Crippen LogP contribution is -2.50. The van der Waals surface area contributed by atoms with Crippen LogP contribution in [0.2, 0.25) is 0 Å². The number of rotatable bonds is 16. The van der Waals surface area contributed by atoms with Crippen LogP contribution in [-0.2, 0) is 18.9 Å². The molecule has 0 aliphatic heterocycles. The number of methoxy groups -OCH3 is 2. The van der Waals surface area contributed by atoms with Gasteiger partial charge in [-0.1, -0.05) is 82.1 Å². The van der Waals surface area contributed by atoms with Crippen molar-refractivity contribution in [2.24, 2.45) is 21.7 Å². The van der Waals surface area contributed by atoms with Crippen LogP contribution in [0.3, 0.4) is 0 Å². The van der Waals surface area contributed by atoms with Crippen molar-refractivity contribution in [2.45, 2.75) is 107 Å². The maximum absolute atomic E-state index is 6.51. The lowest BCUT2D eigenvalue weighted by molar-refractivity contribution is -0.139. The van der Waals surface area contributed by atoms with E-state index in [0.29, 0.717) is 26.4 Å². The SMILES string of the molecule is CCC(C)(C)CC(OCCOC)C(C)(C)C(C)(CC)CC(OCCOC)C(C)(C)C. The molecule has 3 unspecified atom stereocenters. The van der Waals surface area contributed by atoms with Crippen LogP contribution in [0, 0.1) is 21.7 Å². The van der Waals surface area contributed by atoms with Crippen molar-refractivity contribution in [3.8, 4) is 0 Å². The molecule has 0 saturated heterocycles. The van der Waals surface area contributed by atoms with E-state index >= 15 is 0 Å². The van der Waals surface area contributed by atoms with E-state index in [0.717, 1.165) is 25.7 Å². The molecular formula is C26H54O4. The Bertz CT molecular complexity index is 452. The predicted octanol–water partition coefficient (Wildman–Crippen LogP) is 6.75. The zero-order chi connectivity index (χ0) is 23.6. The lowest BCUT2D eigenvalue weighted by atomic mass is 9.57. The van der Waals surface area contributed by atoms with Crippen LogP contribution in [0.4, 0.5) is 0 Å². The van der Waals surface area contributed by atoms with E-state index in [1.165, 1.54) is 0 Å². The van der Waals surface area contributed by atoms with Crippen molar-refractivity contribution < 1.29 is 18.9 Å². The Morgan fingerprint density at radius 3 is 1.43 bits per heavy atom. The molecule has 0 aliphatic rings. The molecule has 0 bridgehead atoms. The first kappa shape index (κ1) is 29.8. The van der Waals surface area contributed by atoms with Gasteiger partial charge < -0.3 is 18.9 Å². The highest BCUT2D eigenvalue weighted by Gasteiger charge is 2.49. The molecule has 4 heteroatoms. The monoisotopic (exact) mass is 430 g/mol. The molecule has 0 N–H and O–H groups in total. The summed E-state index contributed by atoms with van der Waals surface area (Å²) in [7, 11) is 3.47. The highest BCUT2D eigenvalue weighted by atomic mass is 16.5. The molecule has 0 rings (SSSR count). The summed E-state index contributed by atoms with van der Waals surface area (Å²) < 4.78 is 23.4. The summed E-state index contributed by atoms with van der Waals surface area (Å²) in [6, 6.07) is 0. The Morgan fingerprint density at radius 2 is 1.07 bits per heavy atom. The Kier molecular flexibility index (Phi) is 12.7. The predicted molar refractivity (Wildman–Crippen MR) is 128 cm³/mol. The highest BCUT2D eigenvalue weighted by molar-refractivity contribution is 4.98. The summed E-state index contributed by atoms with van der Waals surface area (Å²) in [4.78, 5) is 0. The molecule has 0 aromatic carbocycles. The first-order valence-corrected chi connectivity index (χ1v) is 11.9. The fourth-order valence-electron chi connectivity index (χ4n) is 3.99. The highest BCUT2D eigenvalue weighted by Crippen LogP contribution is 2.52. The number of ether oxygens (including phenoxy) is 4. The van der Waals surface area contributed by atoms with Gasteiger partial charge in [-0.2, -0.15) is 0 Å². The van der Waals surface area contributed by atoms with Crippen molar-refractivity contribution in [2.75, 3.05) is 40.6 Å². The summed E-state index contributed by atoms with van der Waals surface area (Å²) >= 11 is 0. The van der Waals surface area contributed by atoms with Crippen molar-refractivity contribution in [1.29, 1.82) is 0 Å². The largest absolute Gasteiger partial charge is 0.382 e. The zero-order valence-electron chi connectivity index (χ0n) is 22.4. The van der Waals surface area contributed by atoms with Crippen molar-refractivity contribution >= 4 is 0 Å². The molecule has 0 heterocycles. The second-order valence-corrected chi connectivity index (χ2v) is 11.6. The van der Waals surface area contributed by atoms with Crippen LogP contribution in [-0.4, -0.2) is 52.9 Å². The van der Waals surface area contributed by atoms with E-state index < -0.39 is 0 Å². The third-order valence-corrected chi connectivity index (χ3v) is 7.65. The molecule has 0 aromatic heterocycles. The summed E-state index contributed by atoms with van der Waals surface area (Å²) in [5.74, 6) is 0. The molecule has 3 atom stereocenters. The van der Waals surface area contributed by atoms with Gasteiger partial charge in [-0.15, -0.1) is 0 Å². The van der Waals surface area contributed by atoms with E-state index in [2.05, 4.69) is 69.2 Å². The van der Waals surface area contributed by atoms with Crippen molar-refractivity contribution in [3.05, 3.63) is 0 Å². The molecule has 0 radical (unpaired) electrons. The molecule has 0 amide bonds. The standard InChI is InChI=1S/C26H54O4/c1-13-24(6,7)19-22(30-18-16-28-12)25(8,9)26(10,14-2)20-21(23(3,4)5)29-17-15-27-11/h21-22H,13-20H2,1-12H3. The number of hydrogen-bond acceptors (Lipinski definition) is 4. The average Bonchev–Trinajstić information content (AvgIpc) is 2.65. The van der Waals surface area contributed by atoms with E-state index in [-0.39, 0.29) is 33.9 Å². The molecule has 182 valence electrons. The fraction of sp³-hybridized carbons (Fsp3) is 1.00. The first-order chi connectivity index (χ1) is 13.7. The Morgan fingerprint density at radius 1 is 0.600 bits per heavy atom. The van der Waals surface area contributed by atoms with Crippen LogP contribution >= 0.6 is 0 Å². The third kappa shape index (κ3) is 9.14. The minimum Gasteiger partial charge on any atom is -0.382 e. The van der Waals surface area contributed by atoms with E-state index in [4.69, 9.17) is 18.9 Å². The minimum absolute atomic E-state index is 0.0178. The Labute approximate surface area is 188 Å². The molecule has 30 heavy (non-hydrogen) atoms. The van der Waals surface area contributed by atoms with Gasteiger partial charge in [0.15, 0.2) is 0 Å². The lowest BCUT2D eigenvalue weighted by Gasteiger charge is -2.52. The smallest absolute Gasteiger partial charge is 0.0704 e. The molecule has 0 aromatic rings. The van der Waals surface area contributed by atoms with Gasteiger partial charge in [-0.3, -0.25) is 0 Å². The second-order valence-electron chi connectivity index (χ2n) is 11.6. The fourth-order valence-corrected chi connectivity index (χ4v) is 3.99. The van der Waals surface area contributed by atoms with Gasteiger partial charge in [-0.25, -0.2) is 0 Å². The minimum atomic E-state index is -0.0178. The molecule has 0 fully saturated rings. The molecule has 0 saturated carbocycles. The molecule has 0 spiro atoms. The van der Waals surface area contributed by atoms with Gasteiger partial charge in [0.2, 0.25) is 0 Å². The van der Waals surface area contributed by atoms with Crippen molar-refractivity contribution in [3.63, 3.8) is 0 Å². The molecule has 0 aliphatic carbocycles. The Balaban J connectivity index is 5.82. The third-order valence-electron chi connectivity index (χ3n) is 7.65. The van der Waals surface area contributed by atoms with Crippen molar-refractivity contribution in [1.82, 2.24) is 0 Å². The van der Waals surface area contributed by atoms with Crippen LogP contribution in [0.5, 0.6) is 0 Å². The summed E-state index contributed by atoms with van der Waals surface area (Å²) in [6.45, 7) is 25.9. The van der Waals surface area contributed by atoms with Gasteiger partial charge in [0.25, 0.3) is 0 Å². The average molecular weight is 431 g/mol. The quantitative estimate of drug-likeness (QED) is 0.254.